The molecule has 1 heterocycles. The average Bonchev–Trinajstić information content (AvgIpc) is 2.36. The van der Waals surface area contributed by atoms with E-state index in [0.29, 0.717) is 31.7 Å². The molecule has 0 amide bonds. The third-order valence-corrected chi connectivity index (χ3v) is 3.27. The second kappa shape index (κ2) is 7.15. The topological polar surface area (TPSA) is 35.5 Å². The Morgan fingerprint density at radius 3 is 2.45 bits per heavy atom. The van der Waals surface area contributed by atoms with E-state index >= 15 is 0 Å². The third kappa shape index (κ3) is 4.85. The van der Waals surface area contributed by atoms with Crippen LogP contribution in [0, 0.1) is 0 Å². The molecule has 1 aromatic rings. The van der Waals surface area contributed by atoms with Crippen LogP contribution >= 0.6 is 12.4 Å². The fraction of sp³-hybridized carbons (Fsp3) is 0.538. The number of benzene rings is 1. The molecule has 1 aliphatic rings. The van der Waals surface area contributed by atoms with E-state index < -0.39 is 18.6 Å². The Balaban J connectivity index is 0.00000200. The lowest BCUT2D eigenvalue weighted by molar-refractivity contribution is -0.148. The van der Waals surface area contributed by atoms with Crippen molar-refractivity contribution < 1.29 is 18.3 Å². The van der Waals surface area contributed by atoms with Crippen molar-refractivity contribution in [2.24, 2.45) is 0 Å². The molecule has 0 saturated carbocycles. The summed E-state index contributed by atoms with van der Waals surface area (Å²) in [6, 6.07) is 5.37. The largest absolute Gasteiger partial charge is 0.508 e. The molecule has 3 nitrogen and oxygen atoms in total. The number of hydrogen-bond acceptors (Lipinski definition) is 3. The molecule has 2 N–H and O–H groups in total. The van der Waals surface area contributed by atoms with Gasteiger partial charge in [0.2, 0.25) is 0 Å². The molecular formula is C13H18ClF3N2O. The Hall–Kier alpha value is -0.980. The van der Waals surface area contributed by atoms with Gasteiger partial charge in [-0.3, -0.25) is 4.90 Å². The van der Waals surface area contributed by atoms with Gasteiger partial charge in [0, 0.05) is 32.2 Å². The molecular weight excluding hydrogens is 293 g/mol. The van der Waals surface area contributed by atoms with E-state index in [4.69, 9.17) is 0 Å². The number of aromatic hydroxyl groups is 1. The van der Waals surface area contributed by atoms with Gasteiger partial charge in [-0.2, -0.15) is 13.2 Å². The fourth-order valence-electron chi connectivity index (χ4n) is 2.40. The first-order chi connectivity index (χ1) is 8.96. The number of hydrogen-bond donors (Lipinski definition) is 2. The number of piperazine rings is 1. The van der Waals surface area contributed by atoms with Crippen LogP contribution in [-0.2, 0) is 0 Å². The summed E-state index contributed by atoms with van der Waals surface area (Å²) in [4.78, 5) is 1.82. The summed E-state index contributed by atoms with van der Waals surface area (Å²) in [6.45, 7) is 2.53. The minimum Gasteiger partial charge on any atom is -0.508 e. The Bertz CT molecular complexity index is 422. The van der Waals surface area contributed by atoms with E-state index in [1.807, 2.05) is 4.90 Å². The lowest BCUT2D eigenvalue weighted by atomic mass is 10.0. The molecule has 7 heteroatoms. The molecule has 0 spiro atoms. The standard InChI is InChI=1S/C13H17F3N2O.ClH/c14-13(15,16)9-12(18-6-4-17-5-7-18)10-2-1-3-11(19)8-10;/h1-3,8,12,17,19H,4-7,9H2;1H/t12-;/m1./s1. The summed E-state index contributed by atoms with van der Waals surface area (Å²) in [6.07, 6.45) is -5.11. The van der Waals surface area contributed by atoms with E-state index in [9.17, 15) is 18.3 Å². The van der Waals surface area contributed by atoms with E-state index in [1.165, 1.54) is 12.1 Å². The molecule has 1 aromatic carbocycles. The van der Waals surface area contributed by atoms with Crippen LogP contribution in [0.15, 0.2) is 24.3 Å². The van der Waals surface area contributed by atoms with Crippen molar-refractivity contribution in [3.63, 3.8) is 0 Å². The highest BCUT2D eigenvalue weighted by molar-refractivity contribution is 5.85. The zero-order chi connectivity index (χ0) is 13.9. The summed E-state index contributed by atoms with van der Waals surface area (Å²) in [5.74, 6) is -0.000177. The van der Waals surface area contributed by atoms with E-state index in [2.05, 4.69) is 5.32 Å². The van der Waals surface area contributed by atoms with Gasteiger partial charge in [-0.1, -0.05) is 12.1 Å². The minimum absolute atomic E-state index is 0. The van der Waals surface area contributed by atoms with Crippen LogP contribution in [0.5, 0.6) is 5.75 Å². The second-order valence-corrected chi connectivity index (χ2v) is 4.72. The van der Waals surface area contributed by atoms with Gasteiger partial charge in [-0.15, -0.1) is 12.4 Å². The van der Waals surface area contributed by atoms with Crippen molar-refractivity contribution in [1.29, 1.82) is 0 Å². The van der Waals surface area contributed by atoms with Crippen LogP contribution in [0.4, 0.5) is 13.2 Å². The van der Waals surface area contributed by atoms with Crippen molar-refractivity contribution in [1.82, 2.24) is 10.2 Å². The molecule has 1 aliphatic heterocycles. The molecule has 1 saturated heterocycles. The molecule has 0 radical (unpaired) electrons. The fourth-order valence-corrected chi connectivity index (χ4v) is 2.40. The van der Waals surface area contributed by atoms with E-state index in [-0.39, 0.29) is 18.2 Å². The van der Waals surface area contributed by atoms with E-state index in [0.717, 1.165) is 0 Å². The van der Waals surface area contributed by atoms with Crippen molar-refractivity contribution in [2.75, 3.05) is 26.2 Å². The van der Waals surface area contributed by atoms with Crippen LogP contribution in [0.2, 0.25) is 0 Å². The smallest absolute Gasteiger partial charge is 0.390 e. The van der Waals surface area contributed by atoms with Crippen molar-refractivity contribution in [3.05, 3.63) is 29.8 Å². The van der Waals surface area contributed by atoms with Crippen molar-refractivity contribution in [3.8, 4) is 5.75 Å². The number of rotatable bonds is 3. The Morgan fingerprint density at radius 1 is 1.25 bits per heavy atom. The SMILES string of the molecule is Cl.Oc1cccc([C@@H](CC(F)(F)F)N2CCNCC2)c1. The Labute approximate surface area is 122 Å². The van der Waals surface area contributed by atoms with Gasteiger partial charge in [0.1, 0.15) is 5.75 Å². The number of nitrogens with one attached hydrogen (secondary N) is 1. The van der Waals surface area contributed by atoms with E-state index in [1.54, 1.807) is 12.1 Å². The van der Waals surface area contributed by atoms with Gasteiger partial charge in [0.15, 0.2) is 0 Å². The maximum absolute atomic E-state index is 12.7. The zero-order valence-electron chi connectivity index (χ0n) is 10.9. The molecule has 0 aliphatic carbocycles. The molecule has 20 heavy (non-hydrogen) atoms. The summed E-state index contributed by atoms with van der Waals surface area (Å²) >= 11 is 0. The summed E-state index contributed by atoms with van der Waals surface area (Å²) in [5.41, 5.74) is 0.513. The lowest BCUT2D eigenvalue weighted by Gasteiger charge is -2.35. The Morgan fingerprint density at radius 2 is 1.90 bits per heavy atom. The first-order valence-electron chi connectivity index (χ1n) is 6.26. The number of alkyl halides is 3. The third-order valence-electron chi connectivity index (χ3n) is 3.27. The Kier molecular flexibility index (Phi) is 6.10. The van der Waals surface area contributed by atoms with Gasteiger partial charge in [-0.25, -0.2) is 0 Å². The summed E-state index contributed by atoms with van der Waals surface area (Å²) in [5, 5.41) is 12.6. The van der Waals surface area contributed by atoms with Gasteiger partial charge in [0.05, 0.1) is 6.42 Å². The first-order valence-corrected chi connectivity index (χ1v) is 6.26. The number of phenols is 1. The van der Waals surface area contributed by atoms with Gasteiger partial charge in [-0.05, 0) is 17.7 Å². The van der Waals surface area contributed by atoms with Gasteiger partial charge >= 0.3 is 6.18 Å². The summed E-state index contributed by atoms with van der Waals surface area (Å²) < 4.78 is 38.2. The highest BCUT2D eigenvalue weighted by Gasteiger charge is 2.35. The van der Waals surface area contributed by atoms with Gasteiger partial charge in [0.25, 0.3) is 0 Å². The maximum atomic E-state index is 12.7. The average molecular weight is 311 g/mol. The maximum Gasteiger partial charge on any atom is 0.390 e. The van der Waals surface area contributed by atoms with Crippen LogP contribution in [0.1, 0.15) is 18.0 Å². The molecule has 0 unspecified atom stereocenters. The molecule has 2 rings (SSSR count). The first kappa shape index (κ1) is 17.1. The molecule has 1 atom stereocenters. The number of nitrogens with zero attached hydrogens (tertiary/aromatic N) is 1. The molecule has 1 fully saturated rings. The monoisotopic (exact) mass is 310 g/mol. The van der Waals surface area contributed by atoms with Gasteiger partial charge < -0.3 is 10.4 Å². The van der Waals surface area contributed by atoms with Crippen LogP contribution in [-0.4, -0.2) is 42.4 Å². The van der Waals surface area contributed by atoms with Crippen molar-refractivity contribution >= 4 is 12.4 Å². The quantitative estimate of drug-likeness (QED) is 0.901. The highest BCUT2D eigenvalue weighted by Crippen LogP contribution is 2.34. The van der Waals surface area contributed by atoms with Crippen LogP contribution < -0.4 is 5.32 Å². The lowest BCUT2D eigenvalue weighted by Crippen LogP contribution is -2.46. The molecule has 114 valence electrons. The molecule has 0 bridgehead atoms. The zero-order valence-corrected chi connectivity index (χ0v) is 11.7. The van der Waals surface area contributed by atoms with Crippen LogP contribution in [0.25, 0.3) is 0 Å². The number of phenolic OH excluding ortho intramolecular Hbond substituents is 1. The predicted octanol–water partition coefficient (Wildman–Crippen LogP) is 2.71. The molecule has 0 aromatic heterocycles. The second-order valence-electron chi connectivity index (χ2n) is 4.72. The predicted molar refractivity (Wildman–Crippen MR) is 73.2 cm³/mol. The highest BCUT2D eigenvalue weighted by atomic mass is 35.5. The minimum atomic E-state index is -4.22. The van der Waals surface area contributed by atoms with Crippen molar-refractivity contribution in [2.45, 2.75) is 18.6 Å². The number of halogens is 4. The summed E-state index contributed by atoms with van der Waals surface area (Å²) in [7, 11) is 0. The normalized spacial score (nSPS) is 18.4. The van der Waals surface area contributed by atoms with Crippen LogP contribution in [0.3, 0.4) is 0 Å².